The first-order chi connectivity index (χ1) is 17.0. The molecule has 1 aliphatic heterocycles. The number of nitrogens with one attached hydrogen (secondary N) is 2. The number of carbonyl (C=O) groups excluding carboxylic acids is 1. The maximum Gasteiger partial charge on any atom is 0.221 e. The number of rotatable bonds is 6. The molecule has 0 aliphatic carbocycles. The minimum Gasteiger partial charge on any atom is -0.497 e. The molecule has 7 nitrogen and oxygen atoms in total. The Morgan fingerprint density at radius 3 is 2.40 bits per heavy atom. The highest BCUT2D eigenvalue weighted by Crippen LogP contribution is 2.42. The first-order valence-corrected chi connectivity index (χ1v) is 11.7. The fourth-order valence-corrected chi connectivity index (χ4v) is 4.80. The Balaban J connectivity index is 1.59. The summed E-state index contributed by atoms with van der Waals surface area (Å²) in [5, 5.41) is 6.92. The predicted octanol–water partition coefficient (Wildman–Crippen LogP) is 5.02. The van der Waals surface area contributed by atoms with Crippen LogP contribution in [0.2, 0.25) is 0 Å². The number of ether oxygens (including phenoxy) is 1. The molecule has 1 saturated heterocycles. The summed E-state index contributed by atoms with van der Waals surface area (Å²) in [6.45, 7) is 1.49. The van der Waals surface area contributed by atoms with Crippen LogP contribution in [0.3, 0.4) is 0 Å². The van der Waals surface area contributed by atoms with E-state index in [-0.39, 0.29) is 18.0 Å². The van der Waals surface area contributed by atoms with Crippen LogP contribution < -0.4 is 20.3 Å². The van der Waals surface area contributed by atoms with Gasteiger partial charge in [-0.15, -0.1) is 0 Å². The molecule has 2 N–H and O–H groups in total. The molecule has 0 radical (unpaired) electrons. The van der Waals surface area contributed by atoms with Crippen molar-refractivity contribution in [2.75, 3.05) is 17.3 Å². The number of hydrogen-bond donors (Lipinski definition) is 2. The molecular weight excluding hydrogens is 458 g/mol. The lowest BCUT2D eigenvalue weighted by Gasteiger charge is -2.29. The summed E-state index contributed by atoms with van der Waals surface area (Å²) in [5.74, 6) is 0.694. The molecule has 2 aromatic carbocycles. The molecule has 2 aromatic heterocycles. The van der Waals surface area contributed by atoms with Gasteiger partial charge in [0.15, 0.2) is 5.11 Å². The zero-order valence-corrected chi connectivity index (χ0v) is 20.2. The molecule has 1 aliphatic rings. The second-order valence-corrected chi connectivity index (χ2v) is 8.61. The lowest BCUT2D eigenvalue weighted by Crippen LogP contribution is -2.30. The van der Waals surface area contributed by atoms with Gasteiger partial charge in [-0.3, -0.25) is 9.78 Å². The Morgan fingerprint density at radius 2 is 1.74 bits per heavy atom. The van der Waals surface area contributed by atoms with Gasteiger partial charge >= 0.3 is 0 Å². The lowest BCUT2D eigenvalue weighted by atomic mass is 10.0. The smallest absolute Gasteiger partial charge is 0.221 e. The normalized spacial score (nSPS) is 17.2. The first-order valence-electron chi connectivity index (χ1n) is 11.2. The second-order valence-electron chi connectivity index (χ2n) is 8.23. The lowest BCUT2D eigenvalue weighted by molar-refractivity contribution is -0.114. The number of methoxy groups -OCH3 is 1. The van der Waals surface area contributed by atoms with Gasteiger partial charge in [0.25, 0.3) is 0 Å². The molecule has 0 spiro atoms. The number of amides is 1. The van der Waals surface area contributed by atoms with E-state index in [1.807, 2.05) is 79.0 Å². The molecule has 3 heterocycles. The summed E-state index contributed by atoms with van der Waals surface area (Å²) in [5.41, 5.74) is 4.63. The third-order valence-corrected chi connectivity index (χ3v) is 6.31. The van der Waals surface area contributed by atoms with E-state index in [9.17, 15) is 4.79 Å². The van der Waals surface area contributed by atoms with Gasteiger partial charge in [0, 0.05) is 42.1 Å². The average molecular weight is 484 g/mol. The average Bonchev–Trinajstić information content (AvgIpc) is 3.49. The maximum absolute atomic E-state index is 11.5. The number of benzene rings is 2. The fraction of sp³-hybridized carbons (Fsp3) is 0.148. The van der Waals surface area contributed by atoms with E-state index in [1.165, 1.54) is 6.92 Å². The molecule has 176 valence electrons. The van der Waals surface area contributed by atoms with Gasteiger partial charge in [0.1, 0.15) is 11.8 Å². The first kappa shape index (κ1) is 22.6. The van der Waals surface area contributed by atoms with Crippen molar-refractivity contribution >= 4 is 34.6 Å². The van der Waals surface area contributed by atoms with Crippen molar-refractivity contribution in [3.63, 3.8) is 0 Å². The molecule has 8 heteroatoms. The van der Waals surface area contributed by atoms with E-state index in [4.69, 9.17) is 17.0 Å². The maximum atomic E-state index is 11.5. The number of aromatic nitrogens is 2. The standard InChI is InChI=1S/C27H25N5O2S/c1-18(33)29-19-8-10-21(11-9-19)32-26(25(30-27(32)35)23-6-3-4-16-28-23)24-7-5-17-31(24)20-12-14-22(34-2)15-13-20/h3-17,25-26H,1-2H3,(H,29,33)(H,30,35)/t25-,26+/m1/s1. The molecule has 1 amide bonds. The van der Waals surface area contributed by atoms with E-state index < -0.39 is 0 Å². The van der Waals surface area contributed by atoms with Crippen molar-refractivity contribution < 1.29 is 9.53 Å². The van der Waals surface area contributed by atoms with Crippen LogP contribution in [0.1, 0.15) is 30.4 Å². The summed E-state index contributed by atoms with van der Waals surface area (Å²) in [6, 6.07) is 25.4. The highest BCUT2D eigenvalue weighted by atomic mass is 32.1. The summed E-state index contributed by atoms with van der Waals surface area (Å²) < 4.78 is 7.50. The Kier molecular flexibility index (Phi) is 6.20. The van der Waals surface area contributed by atoms with Gasteiger partial charge in [0.05, 0.1) is 18.8 Å². The molecule has 0 bridgehead atoms. The number of thiocarbonyl (C=S) groups is 1. The van der Waals surface area contributed by atoms with Gasteiger partial charge in [-0.2, -0.15) is 0 Å². The molecule has 4 aromatic rings. The van der Waals surface area contributed by atoms with Crippen molar-refractivity contribution in [3.8, 4) is 11.4 Å². The topological polar surface area (TPSA) is 71.4 Å². The SMILES string of the molecule is COc1ccc(-n2cccc2[C@H]2[C@@H](c3ccccn3)NC(=S)N2c2ccc(NC(C)=O)cc2)cc1. The quantitative estimate of drug-likeness (QED) is 0.376. The van der Waals surface area contributed by atoms with E-state index in [0.717, 1.165) is 34.2 Å². The zero-order chi connectivity index (χ0) is 24.4. The van der Waals surface area contributed by atoms with Crippen LogP contribution in [-0.4, -0.2) is 27.7 Å². The van der Waals surface area contributed by atoms with Crippen LogP contribution in [0.4, 0.5) is 11.4 Å². The number of hydrogen-bond acceptors (Lipinski definition) is 4. The Labute approximate surface area is 209 Å². The van der Waals surface area contributed by atoms with Crippen molar-refractivity contribution in [3.05, 3.63) is 103 Å². The van der Waals surface area contributed by atoms with Crippen LogP contribution in [0.25, 0.3) is 5.69 Å². The second kappa shape index (κ2) is 9.60. The summed E-state index contributed by atoms with van der Waals surface area (Å²) >= 11 is 5.84. The predicted molar refractivity (Wildman–Crippen MR) is 141 cm³/mol. The van der Waals surface area contributed by atoms with E-state index >= 15 is 0 Å². The Hall–Kier alpha value is -4.17. The highest BCUT2D eigenvalue weighted by Gasteiger charge is 2.42. The number of anilines is 2. The van der Waals surface area contributed by atoms with Crippen LogP contribution in [0.15, 0.2) is 91.3 Å². The molecule has 0 unspecified atom stereocenters. The molecule has 5 rings (SSSR count). The van der Waals surface area contributed by atoms with Crippen LogP contribution in [0.5, 0.6) is 5.75 Å². The van der Waals surface area contributed by atoms with Crippen molar-refractivity contribution in [1.29, 1.82) is 0 Å². The minimum absolute atomic E-state index is 0.110. The zero-order valence-electron chi connectivity index (χ0n) is 19.4. The van der Waals surface area contributed by atoms with E-state index in [0.29, 0.717) is 5.11 Å². The minimum atomic E-state index is -0.166. The van der Waals surface area contributed by atoms with Gasteiger partial charge in [-0.1, -0.05) is 6.07 Å². The van der Waals surface area contributed by atoms with Gasteiger partial charge in [-0.25, -0.2) is 0 Å². The fourth-order valence-electron chi connectivity index (χ4n) is 4.46. The van der Waals surface area contributed by atoms with Crippen molar-refractivity contribution in [2.24, 2.45) is 0 Å². The monoisotopic (exact) mass is 483 g/mol. The van der Waals surface area contributed by atoms with Gasteiger partial charge < -0.3 is 24.8 Å². The van der Waals surface area contributed by atoms with Crippen molar-refractivity contribution in [2.45, 2.75) is 19.0 Å². The summed E-state index contributed by atoms with van der Waals surface area (Å²) in [7, 11) is 1.66. The van der Waals surface area contributed by atoms with Crippen LogP contribution in [-0.2, 0) is 4.79 Å². The molecule has 35 heavy (non-hydrogen) atoms. The summed E-state index contributed by atoms with van der Waals surface area (Å²) in [6.07, 6.45) is 3.84. The van der Waals surface area contributed by atoms with E-state index in [2.05, 4.69) is 31.2 Å². The molecule has 1 fully saturated rings. The molecule has 2 atom stereocenters. The largest absolute Gasteiger partial charge is 0.497 e. The van der Waals surface area contributed by atoms with Crippen LogP contribution in [0, 0.1) is 0 Å². The molecular formula is C27H25N5O2S. The number of nitrogens with zero attached hydrogens (tertiary/aromatic N) is 3. The highest BCUT2D eigenvalue weighted by molar-refractivity contribution is 7.80. The number of carbonyl (C=O) groups is 1. The summed E-state index contributed by atoms with van der Waals surface area (Å²) in [4.78, 5) is 18.2. The Morgan fingerprint density at radius 1 is 1.00 bits per heavy atom. The third-order valence-electron chi connectivity index (χ3n) is 6.00. The molecule has 0 saturated carbocycles. The van der Waals surface area contributed by atoms with Crippen molar-refractivity contribution in [1.82, 2.24) is 14.9 Å². The Bertz CT molecular complexity index is 1340. The number of pyridine rings is 1. The van der Waals surface area contributed by atoms with Gasteiger partial charge in [0.2, 0.25) is 5.91 Å². The third kappa shape index (κ3) is 4.48. The van der Waals surface area contributed by atoms with Gasteiger partial charge in [-0.05, 0) is 85.0 Å². The van der Waals surface area contributed by atoms with E-state index in [1.54, 1.807) is 13.3 Å². The van der Waals surface area contributed by atoms with Crippen LogP contribution >= 0.6 is 12.2 Å².